The summed E-state index contributed by atoms with van der Waals surface area (Å²) in [5.41, 5.74) is 0.510. The van der Waals surface area contributed by atoms with Crippen molar-refractivity contribution in [3.8, 4) is 0 Å². The number of nitrogens with one attached hydrogen (secondary N) is 1. The number of rotatable bonds is 6. The standard InChI is InChI=1S/C13H19BrFNO2S/c1-4-16-13(9(2)19(3,17)18)8-10-7-11(14)5-6-12(10)15/h5-7,9,13,16H,4,8H2,1-3H3. The number of benzene rings is 1. The van der Waals surface area contributed by atoms with Crippen LogP contribution in [0.25, 0.3) is 0 Å². The van der Waals surface area contributed by atoms with Gasteiger partial charge in [-0.25, -0.2) is 12.8 Å². The first-order chi connectivity index (χ1) is 8.75. The van der Waals surface area contributed by atoms with Gasteiger partial charge in [-0.1, -0.05) is 22.9 Å². The van der Waals surface area contributed by atoms with Gasteiger partial charge >= 0.3 is 0 Å². The van der Waals surface area contributed by atoms with Crippen molar-refractivity contribution in [3.63, 3.8) is 0 Å². The van der Waals surface area contributed by atoms with Crippen molar-refractivity contribution in [1.29, 1.82) is 0 Å². The van der Waals surface area contributed by atoms with Crippen LogP contribution in [0.5, 0.6) is 0 Å². The molecule has 0 radical (unpaired) electrons. The van der Waals surface area contributed by atoms with E-state index in [9.17, 15) is 12.8 Å². The molecule has 0 bridgehead atoms. The van der Waals surface area contributed by atoms with Crippen LogP contribution < -0.4 is 5.32 Å². The van der Waals surface area contributed by atoms with Crippen LogP contribution in [0.3, 0.4) is 0 Å². The van der Waals surface area contributed by atoms with Gasteiger partial charge in [0, 0.05) is 16.8 Å². The number of hydrogen-bond acceptors (Lipinski definition) is 3. The Hall–Kier alpha value is -0.460. The van der Waals surface area contributed by atoms with Gasteiger partial charge in [-0.2, -0.15) is 0 Å². The molecule has 0 saturated carbocycles. The summed E-state index contributed by atoms with van der Waals surface area (Å²) in [5, 5.41) is 2.56. The Balaban J connectivity index is 2.99. The van der Waals surface area contributed by atoms with Gasteiger partial charge in [0.05, 0.1) is 5.25 Å². The van der Waals surface area contributed by atoms with Crippen molar-refractivity contribution in [2.45, 2.75) is 31.6 Å². The zero-order valence-electron chi connectivity index (χ0n) is 11.3. The van der Waals surface area contributed by atoms with E-state index in [2.05, 4.69) is 21.2 Å². The lowest BCUT2D eigenvalue weighted by Gasteiger charge is -2.24. The van der Waals surface area contributed by atoms with Crippen molar-refractivity contribution >= 4 is 25.8 Å². The van der Waals surface area contributed by atoms with E-state index in [-0.39, 0.29) is 11.9 Å². The molecule has 1 aromatic rings. The molecular weight excluding hydrogens is 333 g/mol. The zero-order valence-corrected chi connectivity index (χ0v) is 13.7. The highest BCUT2D eigenvalue weighted by Crippen LogP contribution is 2.19. The van der Waals surface area contributed by atoms with Crippen LogP contribution in [0.1, 0.15) is 19.4 Å². The normalized spacial score (nSPS) is 15.2. The van der Waals surface area contributed by atoms with Gasteiger partial charge < -0.3 is 5.32 Å². The van der Waals surface area contributed by atoms with Crippen LogP contribution in [0.4, 0.5) is 4.39 Å². The second kappa shape index (κ2) is 6.81. The molecule has 108 valence electrons. The zero-order chi connectivity index (χ0) is 14.6. The Morgan fingerprint density at radius 1 is 1.42 bits per heavy atom. The lowest BCUT2D eigenvalue weighted by atomic mass is 10.0. The molecular formula is C13H19BrFNO2S. The molecule has 6 heteroatoms. The average Bonchev–Trinajstić information content (AvgIpc) is 2.31. The Kier molecular flexibility index (Phi) is 5.95. The molecule has 1 rings (SSSR count). The first kappa shape index (κ1) is 16.6. The second-order valence-corrected chi connectivity index (χ2v) is 7.96. The van der Waals surface area contributed by atoms with E-state index >= 15 is 0 Å². The number of sulfone groups is 1. The summed E-state index contributed by atoms with van der Waals surface area (Å²) >= 11 is 3.30. The third-order valence-corrected chi connectivity index (χ3v) is 5.33. The first-order valence-corrected chi connectivity index (χ1v) is 8.86. The fourth-order valence-electron chi connectivity index (χ4n) is 1.90. The van der Waals surface area contributed by atoms with E-state index in [1.54, 1.807) is 19.1 Å². The molecule has 0 amide bonds. The molecule has 19 heavy (non-hydrogen) atoms. The van der Waals surface area contributed by atoms with Gasteiger partial charge in [-0.05, 0) is 43.7 Å². The van der Waals surface area contributed by atoms with Crippen LogP contribution in [-0.2, 0) is 16.3 Å². The van der Waals surface area contributed by atoms with E-state index in [4.69, 9.17) is 0 Å². The van der Waals surface area contributed by atoms with Crippen LogP contribution >= 0.6 is 15.9 Å². The van der Waals surface area contributed by atoms with E-state index in [1.807, 2.05) is 6.92 Å². The average molecular weight is 352 g/mol. The molecule has 0 fully saturated rings. The first-order valence-electron chi connectivity index (χ1n) is 6.12. The smallest absolute Gasteiger partial charge is 0.151 e. The largest absolute Gasteiger partial charge is 0.313 e. The minimum Gasteiger partial charge on any atom is -0.313 e. The number of hydrogen-bond donors (Lipinski definition) is 1. The Bertz CT molecular complexity index is 533. The lowest BCUT2D eigenvalue weighted by molar-refractivity contribution is 0.483. The van der Waals surface area contributed by atoms with Gasteiger partial charge in [0.25, 0.3) is 0 Å². The van der Waals surface area contributed by atoms with Gasteiger partial charge in [0.15, 0.2) is 9.84 Å². The highest BCUT2D eigenvalue weighted by molar-refractivity contribution is 9.10. The summed E-state index contributed by atoms with van der Waals surface area (Å²) in [4.78, 5) is 0. The topological polar surface area (TPSA) is 46.2 Å². The molecule has 1 N–H and O–H groups in total. The number of halogens is 2. The Morgan fingerprint density at radius 2 is 2.05 bits per heavy atom. The fraction of sp³-hybridized carbons (Fsp3) is 0.538. The minimum atomic E-state index is -3.16. The maximum Gasteiger partial charge on any atom is 0.151 e. The third kappa shape index (κ3) is 4.85. The van der Waals surface area contributed by atoms with Crippen molar-refractivity contribution < 1.29 is 12.8 Å². The van der Waals surface area contributed by atoms with Gasteiger partial charge in [0.2, 0.25) is 0 Å². The summed E-state index contributed by atoms with van der Waals surface area (Å²) in [6.07, 6.45) is 1.55. The van der Waals surface area contributed by atoms with Crippen molar-refractivity contribution in [1.82, 2.24) is 5.32 Å². The predicted octanol–water partition coefficient (Wildman–Crippen LogP) is 2.54. The highest BCUT2D eigenvalue weighted by Gasteiger charge is 2.26. The molecule has 3 nitrogen and oxygen atoms in total. The van der Waals surface area contributed by atoms with Gasteiger partial charge in [-0.15, -0.1) is 0 Å². The molecule has 0 aliphatic rings. The predicted molar refractivity (Wildman–Crippen MR) is 79.6 cm³/mol. The molecule has 2 atom stereocenters. The van der Waals surface area contributed by atoms with Crippen LogP contribution in [0.2, 0.25) is 0 Å². The maximum absolute atomic E-state index is 13.7. The van der Waals surface area contributed by atoms with E-state index in [0.717, 1.165) is 4.47 Å². The SMILES string of the molecule is CCNC(Cc1cc(Br)ccc1F)C(C)S(C)(=O)=O. The van der Waals surface area contributed by atoms with Crippen LogP contribution in [-0.4, -0.2) is 32.5 Å². The molecule has 2 unspecified atom stereocenters. The van der Waals surface area contributed by atoms with Crippen LogP contribution in [0.15, 0.2) is 22.7 Å². The second-order valence-electron chi connectivity index (χ2n) is 4.64. The fourth-order valence-corrected chi connectivity index (χ4v) is 3.10. The Labute approximate surface area is 122 Å². The molecule has 1 aromatic carbocycles. The maximum atomic E-state index is 13.7. The van der Waals surface area contributed by atoms with Crippen molar-refractivity contribution in [3.05, 3.63) is 34.1 Å². The molecule has 0 spiro atoms. The quantitative estimate of drug-likeness (QED) is 0.856. The molecule has 0 saturated heterocycles. The van der Waals surface area contributed by atoms with E-state index in [0.29, 0.717) is 18.5 Å². The van der Waals surface area contributed by atoms with Gasteiger partial charge in [-0.3, -0.25) is 0 Å². The molecule has 0 heterocycles. The molecule has 0 aliphatic carbocycles. The monoisotopic (exact) mass is 351 g/mol. The van der Waals surface area contributed by atoms with Crippen LogP contribution in [0, 0.1) is 5.82 Å². The minimum absolute atomic E-state index is 0.302. The summed E-state index contributed by atoms with van der Waals surface area (Å²) in [6.45, 7) is 4.19. The lowest BCUT2D eigenvalue weighted by Crippen LogP contribution is -2.43. The Morgan fingerprint density at radius 3 is 2.58 bits per heavy atom. The molecule has 0 aliphatic heterocycles. The van der Waals surface area contributed by atoms with E-state index < -0.39 is 15.1 Å². The summed E-state index contributed by atoms with van der Waals surface area (Å²) in [5.74, 6) is -0.313. The summed E-state index contributed by atoms with van der Waals surface area (Å²) < 4.78 is 37.8. The highest BCUT2D eigenvalue weighted by atomic mass is 79.9. The van der Waals surface area contributed by atoms with Crippen molar-refractivity contribution in [2.75, 3.05) is 12.8 Å². The van der Waals surface area contributed by atoms with Crippen molar-refractivity contribution in [2.24, 2.45) is 0 Å². The summed E-state index contributed by atoms with van der Waals surface area (Å²) in [7, 11) is -3.16. The third-order valence-electron chi connectivity index (χ3n) is 3.16. The van der Waals surface area contributed by atoms with Gasteiger partial charge in [0.1, 0.15) is 5.82 Å². The van der Waals surface area contributed by atoms with E-state index in [1.165, 1.54) is 12.3 Å². The summed E-state index contributed by atoms with van der Waals surface area (Å²) in [6, 6.07) is 4.40. The molecule has 0 aromatic heterocycles. The number of likely N-dealkylation sites (N-methyl/N-ethyl adjacent to an activating group) is 1.